The molecule has 5 nitrogen and oxygen atoms in total. The van der Waals surface area contributed by atoms with Crippen LogP contribution in [0.2, 0.25) is 0 Å². The summed E-state index contributed by atoms with van der Waals surface area (Å²) in [6, 6.07) is 12.8. The highest BCUT2D eigenvalue weighted by Crippen LogP contribution is 2.33. The molecule has 2 aromatic carbocycles. The van der Waals surface area contributed by atoms with E-state index in [-0.39, 0.29) is 17.5 Å². The number of aromatic hydroxyl groups is 1. The van der Waals surface area contributed by atoms with Gasteiger partial charge in [0.2, 0.25) is 5.91 Å². The summed E-state index contributed by atoms with van der Waals surface area (Å²) in [6.45, 7) is 0. The summed E-state index contributed by atoms with van der Waals surface area (Å²) in [5.41, 5.74) is 3.33. The Balaban J connectivity index is 2.06. The second kappa shape index (κ2) is 5.39. The van der Waals surface area contributed by atoms with E-state index in [9.17, 15) is 9.90 Å². The van der Waals surface area contributed by atoms with E-state index in [4.69, 9.17) is 16.6 Å². The Labute approximate surface area is 142 Å². The Kier molecular flexibility index (Phi) is 3.32. The topological polar surface area (TPSA) is 60.0 Å². The second-order valence-corrected chi connectivity index (χ2v) is 5.89. The van der Waals surface area contributed by atoms with Gasteiger partial charge in [-0.05, 0) is 24.3 Å². The lowest BCUT2D eigenvalue weighted by atomic mass is 10.1. The molecule has 2 heterocycles. The molecule has 24 heavy (non-hydrogen) atoms. The number of imidazole rings is 1. The first kappa shape index (κ1) is 14.8. The number of rotatable bonds is 2. The molecule has 0 amide bonds. The van der Waals surface area contributed by atoms with Gasteiger partial charge < -0.3 is 9.67 Å². The highest BCUT2D eigenvalue weighted by molar-refractivity contribution is 6.28. The number of nitrogens with zero attached hydrogens (tertiary/aromatic N) is 3. The minimum absolute atomic E-state index is 0.0979. The van der Waals surface area contributed by atoms with Crippen molar-refractivity contribution in [1.82, 2.24) is 14.1 Å². The standard InChI is InChI=1S/C18H14ClN3O2/c1-21-15-5-3-2-4-14(15)20-18(21)13-10-22(17(24)9-19)16-8-11(23)6-7-12(13)16/h2-8,10,23H,9H2,1H3. The highest BCUT2D eigenvalue weighted by atomic mass is 35.5. The Hall–Kier alpha value is -2.79. The summed E-state index contributed by atoms with van der Waals surface area (Å²) >= 11 is 5.72. The summed E-state index contributed by atoms with van der Waals surface area (Å²) in [5, 5.41) is 10.6. The Morgan fingerprint density at radius 2 is 2.00 bits per heavy atom. The molecule has 0 unspecified atom stereocenters. The number of phenolic OH excluding ortho intramolecular Hbond substituents is 1. The smallest absolute Gasteiger partial charge is 0.246 e. The fraction of sp³-hybridized carbons (Fsp3) is 0.111. The first-order valence-corrected chi connectivity index (χ1v) is 7.98. The molecule has 0 aliphatic heterocycles. The van der Waals surface area contributed by atoms with E-state index < -0.39 is 0 Å². The van der Waals surface area contributed by atoms with Gasteiger partial charge in [-0.15, -0.1) is 11.6 Å². The normalized spacial score (nSPS) is 11.4. The lowest BCUT2D eigenvalue weighted by Crippen LogP contribution is -2.10. The molecule has 0 fully saturated rings. The molecule has 0 saturated heterocycles. The quantitative estimate of drug-likeness (QED) is 0.565. The number of hydrogen-bond acceptors (Lipinski definition) is 3. The molecule has 0 aliphatic rings. The minimum atomic E-state index is -0.253. The van der Waals surface area contributed by atoms with E-state index in [2.05, 4.69) is 0 Å². The third kappa shape index (κ3) is 2.09. The van der Waals surface area contributed by atoms with E-state index in [1.807, 2.05) is 35.9 Å². The number of hydrogen-bond donors (Lipinski definition) is 1. The predicted octanol–water partition coefficient (Wildman–Crippen LogP) is 3.78. The van der Waals surface area contributed by atoms with E-state index in [0.29, 0.717) is 5.52 Å². The number of fused-ring (bicyclic) bond motifs is 2. The van der Waals surface area contributed by atoms with Crippen molar-refractivity contribution in [3.8, 4) is 17.1 Å². The molecule has 0 atom stereocenters. The number of aryl methyl sites for hydroxylation is 1. The molecule has 120 valence electrons. The fourth-order valence-electron chi connectivity index (χ4n) is 3.05. The number of alkyl halides is 1. The monoisotopic (exact) mass is 339 g/mol. The van der Waals surface area contributed by atoms with Crippen LogP contribution >= 0.6 is 11.6 Å². The van der Waals surface area contributed by atoms with Gasteiger partial charge in [-0.2, -0.15) is 0 Å². The molecule has 6 heteroatoms. The summed E-state index contributed by atoms with van der Waals surface area (Å²) in [7, 11) is 1.94. The molecule has 4 rings (SSSR count). The molecular formula is C18H14ClN3O2. The summed E-state index contributed by atoms with van der Waals surface area (Å²) in [5.74, 6) is 0.465. The van der Waals surface area contributed by atoms with Gasteiger partial charge in [0.25, 0.3) is 0 Å². The Morgan fingerprint density at radius 3 is 2.75 bits per heavy atom. The zero-order valence-corrected chi connectivity index (χ0v) is 13.7. The first-order valence-electron chi connectivity index (χ1n) is 7.45. The van der Waals surface area contributed by atoms with Crippen LogP contribution in [0.1, 0.15) is 4.79 Å². The molecular weight excluding hydrogens is 326 g/mol. The van der Waals surface area contributed by atoms with Crippen LogP contribution in [0.25, 0.3) is 33.3 Å². The zero-order valence-electron chi connectivity index (χ0n) is 12.9. The lowest BCUT2D eigenvalue weighted by Gasteiger charge is -2.01. The van der Waals surface area contributed by atoms with E-state index >= 15 is 0 Å². The average molecular weight is 340 g/mol. The Morgan fingerprint density at radius 1 is 1.21 bits per heavy atom. The summed E-state index contributed by atoms with van der Waals surface area (Å²) in [6.07, 6.45) is 1.73. The van der Waals surface area contributed by atoms with Gasteiger partial charge in [0.1, 0.15) is 17.5 Å². The van der Waals surface area contributed by atoms with Crippen molar-refractivity contribution in [3.63, 3.8) is 0 Å². The van der Waals surface area contributed by atoms with Crippen LogP contribution in [0.3, 0.4) is 0 Å². The molecule has 2 aromatic heterocycles. The maximum atomic E-state index is 12.2. The number of para-hydroxylation sites is 2. The SMILES string of the molecule is Cn1c(-c2cn(C(=O)CCl)c3cc(O)ccc23)nc2ccccc21. The van der Waals surface area contributed by atoms with Crippen LogP contribution in [0.5, 0.6) is 5.75 Å². The maximum Gasteiger partial charge on any atom is 0.246 e. The second-order valence-electron chi connectivity index (χ2n) is 5.62. The molecule has 1 N–H and O–H groups in total. The van der Waals surface area contributed by atoms with Gasteiger partial charge in [-0.1, -0.05) is 12.1 Å². The number of benzene rings is 2. The van der Waals surface area contributed by atoms with Crippen molar-refractivity contribution < 1.29 is 9.90 Å². The van der Waals surface area contributed by atoms with Crippen molar-refractivity contribution in [2.75, 3.05) is 5.88 Å². The van der Waals surface area contributed by atoms with Gasteiger partial charge in [0.05, 0.1) is 16.6 Å². The number of carbonyl (C=O) groups is 1. The minimum Gasteiger partial charge on any atom is -0.508 e. The number of carbonyl (C=O) groups excluding carboxylic acids is 1. The zero-order chi connectivity index (χ0) is 16.8. The lowest BCUT2D eigenvalue weighted by molar-refractivity contribution is 0.0945. The van der Waals surface area contributed by atoms with Crippen LogP contribution in [0, 0.1) is 0 Å². The van der Waals surface area contributed by atoms with Crippen molar-refractivity contribution in [3.05, 3.63) is 48.7 Å². The summed E-state index contributed by atoms with van der Waals surface area (Å²) in [4.78, 5) is 16.9. The number of phenols is 1. The van der Waals surface area contributed by atoms with E-state index in [1.54, 1.807) is 24.4 Å². The van der Waals surface area contributed by atoms with Gasteiger partial charge in [0, 0.05) is 30.3 Å². The van der Waals surface area contributed by atoms with Crippen molar-refractivity contribution in [2.24, 2.45) is 7.05 Å². The van der Waals surface area contributed by atoms with Crippen molar-refractivity contribution >= 4 is 39.4 Å². The van der Waals surface area contributed by atoms with Crippen LogP contribution < -0.4 is 0 Å². The largest absolute Gasteiger partial charge is 0.508 e. The molecule has 0 aliphatic carbocycles. The third-order valence-corrected chi connectivity index (χ3v) is 4.43. The first-order chi connectivity index (χ1) is 11.6. The highest BCUT2D eigenvalue weighted by Gasteiger charge is 2.18. The van der Waals surface area contributed by atoms with Crippen molar-refractivity contribution in [1.29, 1.82) is 0 Å². The molecule has 4 aromatic rings. The van der Waals surface area contributed by atoms with Gasteiger partial charge >= 0.3 is 0 Å². The van der Waals surface area contributed by atoms with Gasteiger partial charge in [-0.3, -0.25) is 9.36 Å². The predicted molar refractivity (Wildman–Crippen MR) is 94.7 cm³/mol. The van der Waals surface area contributed by atoms with E-state index in [0.717, 1.165) is 27.8 Å². The summed E-state index contributed by atoms with van der Waals surface area (Å²) < 4.78 is 3.46. The van der Waals surface area contributed by atoms with Crippen LogP contribution in [0.4, 0.5) is 0 Å². The maximum absolute atomic E-state index is 12.2. The van der Waals surface area contributed by atoms with Crippen LogP contribution in [0.15, 0.2) is 48.7 Å². The average Bonchev–Trinajstić information content (AvgIpc) is 3.12. The molecule has 0 bridgehead atoms. The number of halogens is 1. The van der Waals surface area contributed by atoms with Crippen LogP contribution in [-0.4, -0.2) is 31.0 Å². The van der Waals surface area contributed by atoms with E-state index in [1.165, 1.54) is 4.57 Å². The molecule has 0 radical (unpaired) electrons. The fourth-order valence-corrected chi connectivity index (χ4v) is 3.18. The Bertz CT molecular complexity index is 1090. The van der Waals surface area contributed by atoms with Gasteiger partial charge in [-0.25, -0.2) is 4.98 Å². The van der Waals surface area contributed by atoms with Gasteiger partial charge in [0.15, 0.2) is 0 Å². The number of aromatic nitrogens is 3. The third-order valence-electron chi connectivity index (χ3n) is 4.20. The molecule has 0 spiro atoms. The van der Waals surface area contributed by atoms with Crippen molar-refractivity contribution in [2.45, 2.75) is 0 Å². The van der Waals surface area contributed by atoms with Crippen LogP contribution in [-0.2, 0) is 7.05 Å². The molecule has 0 saturated carbocycles.